The highest BCUT2D eigenvalue weighted by atomic mass is 16.6. The molecule has 7 rings (SSSR count). The normalized spacial score (nSPS) is 30.8. The first kappa shape index (κ1) is 23.9. The summed E-state index contributed by atoms with van der Waals surface area (Å²) in [7, 11) is 0. The minimum absolute atomic E-state index is 0.326. The van der Waals surface area contributed by atoms with Gasteiger partial charge in [-0.25, -0.2) is 0 Å². The average molecular weight is 495 g/mol. The van der Waals surface area contributed by atoms with Crippen molar-refractivity contribution < 1.29 is 28.4 Å². The molecule has 1 aliphatic heterocycles. The summed E-state index contributed by atoms with van der Waals surface area (Å²) in [4.78, 5) is 0. The van der Waals surface area contributed by atoms with Crippen LogP contribution in [0.15, 0.2) is 42.5 Å². The largest absolute Gasteiger partial charge is 0.487 e. The van der Waals surface area contributed by atoms with Gasteiger partial charge in [-0.05, 0) is 91.5 Å². The van der Waals surface area contributed by atoms with Crippen LogP contribution in [-0.2, 0) is 14.9 Å². The van der Waals surface area contributed by atoms with Gasteiger partial charge in [0.1, 0.15) is 26.4 Å². The van der Waals surface area contributed by atoms with Crippen LogP contribution >= 0.6 is 0 Å². The Labute approximate surface area is 214 Å². The van der Waals surface area contributed by atoms with Gasteiger partial charge in [-0.15, -0.1) is 0 Å². The molecule has 6 nitrogen and oxygen atoms in total. The van der Waals surface area contributed by atoms with Gasteiger partial charge in [-0.2, -0.15) is 0 Å². The second kappa shape index (κ2) is 10.9. The SMILES string of the molecule is c1ccc2c(c1)OCCOCCOc1ccc(C34CC5CC(CC(C5)C3)C4)cc1OCCOCCO2. The van der Waals surface area contributed by atoms with E-state index in [0.717, 1.165) is 29.3 Å². The van der Waals surface area contributed by atoms with Crippen LogP contribution in [0.1, 0.15) is 44.1 Å². The molecule has 2 aromatic carbocycles. The summed E-state index contributed by atoms with van der Waals surface area (Å²) in [5.74, 6) is 5.76. The lowest BCUT2D eigenvalue weighted by molar-refractivity contribution is -0.00536. The van der Waals surface area contributed by atoms with Crippen molar-refractivity contribution in [2.24, 2.45) is 17.8 Å². The molecule has 4 bridgehead atoms. The molecular formula is C30H38O6. The number of fused-ring (bicyclic) bond motifs is 2. The van der Waals surface area contributed by atoms with Gasteiger partial charge in [0.05, 0.1) is 26.4 Å². The van der Waals surface area contributed by atoms with Crippen molar-refractivity contribution in [3.05, 3.63) is 48.0 Å². The lowest BCUT2D eigenvalue weighted by Gasteiger charge is -2.57. The van der Waals surface area contributed by atoms with Gasteiger partial charge in [0.25, 0.3) is 0 Å². The van der Waals surface area contributed by atoms with Crippen LogP contribution in [0.25, 0.3) is 0 Å². The van der Waals surface area contributed by atoms with Crippen LogP contribution < -0.4 is 18.9 Å². The Morgan fingerprint density at radius 3 is 1.44 bits per heavy atom. The van der Waals surface area contributed by atoms with E-state index in [1.807, 2.05) is 24.3 Å². The van der Waals surface area contributed by atoms with E-state index in [4.69, 9.17) is 28.4 Å². The van der Waals surface area contributed by atoms with Crippen molar-refractivity contribution in [1.29, 1.82) is 0 Å². The quantitative estimate of drug-likeness (QED) is 0.528. The first-order valence-corrected chi connectivity index (χ1v) is 13.7. The van der Waals surface area contributed by atoms with Gasteiger partial charge >= 0.3 is 0 Å². The molecule has 0 unspecified atom stereocenters. The van der Waals surface area contributed by atoms with Crippen LogP contribution in [0.4, 0.5) is 0 Å². The van der Waals surface area contributed by atoms with Gasteiger partial charge < -0.3 is 28.4 Å². The standard InChI is InChI=1S/C30H38O6/c1-2-4-27-26(3-1)33-11-7-31-9-13-35-28-6-5-25(18-29(28)36-14-10-32-8-12-34-27)30-19-22-15-23(20-30)17-24(16-22)21-30/h1-6,18,22-24H,7-17,19-21H2. The molecule has 0 amide bonds. The maximum atomic E-state index is 6.24. The molecule has 0 spiro atoms. The van der Waals surface area contributed by atoms with E-state index >= 15 is 0 Å². The molecule has 0 atom stereocenters. The van der Waals surface area contributed by atoms with Crippen molar-refractivity contribution in [2.75, 3.05) is 52.9 Å². The zero-order valence-electron chi connectivity index (χ0n) is 21.1. The Bertz CT molecular complexity index is 985. The Kier molecular flexibility index (Phi) is 7.24. The summed E-state index contributed by atoms with van der Waals surface area (Å²) < 4.78 is 35.6. The van der Waals surface area contributed by atoms with Crippen molar-refractivity contribution in [3.63, 3.8) is 0 Å². The second-order valence-corrected chi connectivity index (χ2v) is 10.9. The molecule has 2 aromatic rings. The lowest BCUT2D eigenvalue weighted by atomic mass is 9.48. The van der Waals surface area contributed by atoms with Crippen LogP contribution in [0, 0.1) is 17.8 Å². The molecule has 194 valence electrons. The highest BCUT2D eigenvalue weighted by molar-refractivity contribution is 5.46. The molecular weight excluding hydrogens is 456 g/mol. The predicted molar refractivity (Wildman–Crippen MR) is 136 cm³/mol. The number of para-hydroxylation sites is 2. The molecule has 4 aliphatic carbocycles. The minimum Gasteiger partial charge on any atom is -0.487 e. The van der Waals surface area contributed by atoms with Gasteiger partial charge in [0, 0.05) is 0 Å². The zero-order chi connectivity index (χ0) is 24.2. The lowest BCUT2D eigenvalue weighted by Crippen LogP contribution is -2.48. The third-order valence-corrected chi connectivity index (χ3v) is 8.38. The van der Waals surface area contributed by atoms with Crippen molar-refractivity contribution in [3.8, 4) is 23.0 Å². The highest BCUT2D eigenvalue weighted by Crippen LogP contribution is 2.61. The second-order valence-electron chi connectivity index (χ2n) is 10.9. The minimum atomic E-state index is 0.326. The number of ether oxygens (including phenoxy) is 6. The Balaban J connectivity index is 1.13. The highest BCUT2D eigenvalue weighted by Gasteiger charge is 2.51. The van der Waals surface area contributed by atoms with Gasteiger partial charge in [-0.3, -0.25) is 0 Å². The van der Waals surface area contributed by atoms with E-state index in [1.165, 1.54) is 44.1 Å². The molecule has 0 radical (unpaired) electrons. The van der Waals surface area contributed by atoms with E-state index in [2.05, 4.69) is 18.2 Å². The Morgan fingerprint density at radius 2 is 0.944 bits per heavy atom. The molecule has 5 aliphatic rings. The molecule has 0 saturated heterocycles. The van der Waals surface area contributed by atoms with Crippen LogP contribution in [0.2, 0.25) is 0 Å². The molecule has 4 saturated carbocycles. The smallest absolute Gasteiger partial charge is 0.161 e. The average Bonchev–Trinajstić information content (AvgIpc) is 2.87. The number of rotatable bonds is 1. The fourth-order valence-corrected chi connectivity index (χ4v) is 7.27. The number of hydrogen-bond donors (Lipinski definition) is 0. The van der Waals surface area contributed by atoms with Crippen LogP contribution in [0.3, 0.4) is 0 Å². The third kappa shape index (κ3) is 5.30. The van der Waals surface area contributed by atoms with Gasteiger partial charge in [0.2, 0.25) is 0 Å². The van der Waals surface area contributed by atoms with Crippen molar-refractivity contribution in [2.45, 2.75) is 43.9 Å². The van der Waals surface area contributed by atoms with E-state index in [9.17, 15) is 0 Å². The summed E-state index contributed by atoms with van der Waals surface area (Å²) in [5.41, 5.74) is 1.76. The summed E-state index contributed by atoms with van der Waals surface area (Å²) in [6, 6.07) is 14.3. The topological polar surface area (TPSA) is 55.4 Å². The maximum absolute atomic E-state index is 6.24. The van der Waals surface area contributed by atoms with Gasteiger partial charge in [0.15, 0.2) is 23.0 Å². The maximum Gasteiger partial charge on any atom is 0.161 e. The fourth-order valence-electron chi connectivity index (χ4n) is 7.27. The summed E-state index contributed by atoms with van der Waals surface area (Å²) in [6.45, 7) is 3.77. The zero-order valence-corrected chi connectivity index (χ0v) is 21.1. The molecule has 0 N–H and O–H groups in total. The van der Waals surface area contributed by atoms with E-state index in [0.29, 0.717) is 69.8 Å². The number of benzene rings is 2. The first-order chi connectivity index (χ1) is 17.8. The molecule has 4 fully saturated rings. The summed E-state index contributed by atoms with van der Waals surface area (Å²) in [5, 5.41) is 0. The first-order valence-electron chi connectivity index (χ1n) is 13.7. The monoisotopic (exact) mass is 494 g/mol. The third-order valence-electron chi connectivity index (χ3n) is 8.38. The molecule has 6 heteroatoms. The summed E-state index contributed by atoms with van der Waals surface area (Å²) in [6.07, 6.45) is 8.34. The van der Waals surface area contributed by atoms with E-state index < -0.39 is 0 Å². The molecule has 1 heterocycles. The Hall–Kier alpha value is -2.44. The molecule has 36 heavy (non-hydrogen) atoms. The summed E-state index contributed by atoms with van der Waals surface area (Å²) >= 11 is 0. The van der Waals surface area contributed by atoms with Gasteiger partial charge in [-0.1, -0.05) is 18.2 Å². The van der Waals surface area contributed by atoms with Crippen LogP contribution in [0.5, 0.6) is 23.0 Å². The Morgan fingerprint density at radius 1 is 0.500 bits per heavy atom. The van der Waals surface area contributed by atoms with Crippen molar-refractivity contribution in [1.82, 2.24) is 0 Å². The van der Waals surface area contributed by atoms with E-state index in [1.54, 1.807) is 0 Å². The fraction of sp³-hybridized carbons (Fsp3) is 0.600. The van der Waals surface area contributed by atoms with Crippen molar-refractivity contribution >= 4 is 0 Å². The predicted octanol–water partition coefficient (Wildman–Crippen LogP) is 5.42. The number of hydrogen-bond acceptors (Lipinski definition) is 6. The van der Waals surface area contributed by atoms with E-state index in [-0.39, 0.29) is 0 Å². The van der Waals surface area contributed by atoms with Crippen LogP contribution in [-0.4, -0.2) is 52.9 Å². The molecule has 0 aromatic heterocycles.